The third-order valence-electron chi connectivity index (χ3n) is 4.55. The molecule has 6 nitrogen and oxygen atoms in total. The van der Waals surface area contributed by atoms with E-state index in [0.29, 0.717) is 30.2 Å². The Labute approximate surface area is 156 Å². The Morgan fingerprint density at radius 3 is 2.75 bits per heavy atom. The number of aromatic hydroxyl groups is 1. The molecule has 1 aromatic carbocycles. The van der Waals surface area contributed by atoms with Crippen molar-refractivity contribution in [3.05, 3.63) is 40.3 Å². The van der Waals surface area contributed by atoms with E-state index < -0.39 is 23.7 Å². The van der Waals surface area contributed by atoms with Gasteiger partial charge in [-0.25, -0.2) is 14.4 Å². The average molecular weight is 395 g/mol. The Morgan fingerprint density at radius 2 is 2.07 bits per heavy atom. The monoisotopic (exact) mass is 395 g/mol. The van der Waals surface area contributed by atoms with E-state index in [4.69, 9.17) is 4.74 Å². The van der Waals surface area contributed by atoms with Gasteiger partial charge < -0.3 is 9.84 Å². The van der Waals surface area contributed by atoms with Gasteiger partial charge in [-0.3, -0.25) is 0 Å². The first kappa shape index (κ1) is 18.5. The van der Waals surface area contributed by atoms with Crippen LogP contribution in [0.4, 0.5) is 17.6 Å². The molecule has 0 spiro atoms. The number of fused-ring (bicyclic) bond motifs is 1. The third-order valence-corrected chi connectivity index (χ3v) is 4.55. The topological polar surface area (TPSA) is 70.6 Å². The molecule has 3 heterocycles. The maximum absolute atomic E-state index is 14.1. The average Bonchev–Trinajstić information content (AvgIpc) is 3.04. The van der Waals surface area contributed by atoms with Crippen LogP contribution >= 0.6 is 0 Å². The molecule has 0 amide bonds. The summed E-state index contributed by atoms with van der Waals surface area (Å²) in [6.07, 6.45) is -2.60. The highest BCUT2D eigenvalue weighted by Crippen LogP contribution is 2.37. The molecule has 1 atom stereocenters. The smallest absolute Gasteiger partial charge is 0.416 e. The number of phenols is 1. The molecule has 1 saturated heterocycles. The number of ether oxygens (including phenoxy) is 1. The number of rotatable bonds is 1. The summed E-state index contributed by atoms with van der Waals surface area (Å²) in [4.78, 5) is 8.50. The van der Waals surface area contributed by atoms with Crippen LogP contribution < -0.4 is 10.8 Å². The van der Waals surface area contributed by atoms with Gasteiger partial charge in [0.05, 0.1) is 37.1 Å². The summed E-state index contributed by atoms with van der Waals surface area (Å²) >= 11 is 0. The zero-order valence-corrected chi connectivity index (χ0v) is 14.7. The Morgan fingerprint density at radius 1 is 1.29 bits per heavy atom. The van der Waals surface area contributed by atoms with Crippen molar-refractivity contribution in [2.75, 3.05) is 13.2 Å². The van der Waals surface area contributed by atoms with Crippen molar-refractivity contribution >= 4 is 11.9 Å². The number of phenolic OH excluding ortho intramolecular Hbond substituents is 1. The summed E-state index contributed by atoms with van der Waals surface area (Å²) < 4.78 is 59.2. The Hall–Kier alpha value is -2.88. The second-order valence-corrected chi connectivity index (χ2v) is 6.51. The van der Waals surface area contributed by atoms with Crippen molar-refractivity contribution in [3.8, 4) is 17.0 Å². The van der Waals surface area contributed by atoms with Crippen molar-refractivity contribution in [2.45, 2.75) is 25.7 Å². The van der Waals surface area contributed by atoms with E-state index in [2.05, 4.69) is 15.1 Å². The molecule has 146 valence electrons. The standard InChI is InChI=1S/C18H14F4N4O2/c1-9-4-10(18(20,21)22)5-15(27)16(9)12-6-23-13-7-26(25-17(13)24-12)14-2-3-28-8-11(14)19/h4-7,11H,2-3,8H2,1H3/p+1/b26-14+/t11-/m0/s1. The summed E-state index contributed by atoms with van der Waals surface area (Å²) in [6, 6.07) is 1.59. The Balaban J connectivity index is 1.79. The molecule has 0 saturated carbocycles. The second kappa shape index (κ2) is 6.62. The number of aryl methyl sites for hydroxylation is 1. The second-order valence-electron chi connectivity index (χ2n) is 6.51. The molecule has 10 heteroatoms. The maximum Gasteiger partial charge on any atom is 0.416 e. The zero-order chi connectivity index (χ0) is 20.1. The summed E-state index contributed by atoms with van der Waals surface area (Å²) in [7, 11) is 0. The lowest BCUT2D eigenvalue weighted by Gasteiger charge is -2.13. The van der Waals surface area contributed by atoms with E-state index in [-0.39, 0.29) is 28.9 Å². The van der Waals surface area contributed by atoms with E-state index >= 15 is 0 Å². The first-order valence-corrected chi connectivity index (χ1v) is 8.45. The number of halogens is 4. The summed E-state index contributed by atoms with van der Waals surface area (Å²) in [5, 5.41) is 14.8. The fraction of sp³-hybridized carbons (Fsp3) is 0.333. The molecule has 28 heavy (non-hydrogen) atoms. The molecule has 2 aliphatic rings. The van der Waals surface area contributed by atoms with E-state index in [1.165, 1.54) is 17.8 Å². The van der Waals surface area contributed by atoms with Gasteiger partial charge in [0, 0.05) is 10.7 Å². The SMILES string of the molecule is Cc1cc(C(F)(F)F)cc(O)c1-c1cnc2c(n1)=N/[N+](=C1\CCOC[C@@H]1F)C=2. The van der Waals surface area contributed by atoms with Gasteiger partial charge in [-0.05, 0) is 24.6 Å². The van der Waals surface area contributed by atoms with Crippen molar-refractivity contribution in [1.82, 2.24) is 9.97 Å². The van der Waals surface area contributed by atoms with Crippen LogP contribution in [0.1, 0.15) is 17.5 Å². The van der Waals surface area contributed by atoms with E-state index in [1.54, 1.807) is 6.20 Å². The molecule has 0 unspecified atom stereocenters. The summed E-state index contributed by atoms with van der Waals surface area (Å²) in [6.45, 7) is 1.79. The van der Waals surface area contributed by atoms with Crippen LogP contribution in [0.2, 0.25) is 0 Å². The predicted molar refractivity (Wildman–Crippen MR) is 89.7 cm³/mol. The van der Waals surface area contributed by atoms with Crippen molar-refractivity contribution in [3.63, 3.8) is 0 Å². The maximum atomic E-state index is 14.1. The van der Waals surface area contributed by atoms with Gasteiger partial charge in [0.1, 0.15) is 5.75 Å². The molecule has 1 aromatic heterocycles. The fourth-order valence-electron chi connectivity index (χ4n) is 3.21. The van der Waals surface area contributed by atoms with Gasteiger partial charge in [0.15, 0.2) is 5.35 Å². The molecule has 4 rings (SSSR count). The van der Waals surface area contributed by atoms with Gasteiger partial charge in [-0.1, -0.05) is 4.68 Å². The van der Waals surface area contributed by atoms with Crippen LogP contribution in [-0.4, -0.2) is 44.9 Å². The number of alkyl halides is 4. The number of nitrogens with zero attached hydrogens (tertiary/aromatic N) is 4. The minimum Gasteiger partial charge on any atom is -0.507 e. The number of hydrogen-bond donors (Lipinski definition) is 1. The lowest BCUT2D eigenvalue weighted by atomic mass is 10.0. The van der Waals surface area contributed by atoms with Crippen molar-refractivity contribution in [2.24, 2.45) is 5.10 Å². The molecular weight excluding hydrogens is 380 g/mol. The van der Waals surface area contributed by atoms with Crippen molar-refractivity contribution in [1.29, 1.82) is 0 Å². The van der Waals surface area contributed by atoms with Crippen LogP contribution in [0.15, 0.2) is 23.4 Å². The first-order chi connectivity index (χ1) is 13.2. The largest absolute Gasteiger partial charge is 0.507 e. The van der Waals surface area contributed by atoms with Crippen LogP contribution in [0.3, 0.4) is 0 Å². The van der Waals surface area contributed by atoms with Gasteiger partial charge >= 0.3 is 6.18 Å². The molecular formula is C18H15F4N4O2+. The minimum atomic E-state index is -4.57. The third kappa shape index (κ3) is 3.24. The molecule has 0 bridgehead atoms. The van der Waals surface area contributed by atoms with Gasteiger partial charge in [0.2, 0.25) is 18.1 Å². The number of benzene rings is 1. The molecule has 1 fully saturated rings. The quantitative estimate of drug-likeness (QED) is 0.589. The molecule has 1 N–H and O–H groups in total. The van der Waals surface area contributed by atoms with E-state index in [1.807, 2.05) is 0 Å². The van der Waals surface area contributed by atoms with E-state index in [0.717, 1.165) is 6.07 Å². The van der Waals surface area contributed by atoms with Crippen LogP contribution in [0, 0.1) is 6.92 Å². The Bertz CT molecular complexity index is 1090. The highest BCUT2D eigenvalue weighted by molar-refractivity contribution is 5.85. The lowest BCUT2D eigenvalue weighted by Crippen LogP contribution is -2.33. The Kier molecular flexibility index (Phi) is 4.37. The zero-order valence-electron chi connectivity index (χ0n) is 14.7. The molecule has 0 aliphatic carbocycles. The number of hydrogen-bond acceptors (Lipinski definition) is 5. The van der Waals surface area contributed by atoms with Gasteiger partial charge in [0.25, 0.3) is 5.49 Å². The fourth-order valence-corrected chi connectivity index (χ4v) is 3.21. The van der Waals surface area contributed by atoms with Crippen LogP contribution in [0.5, 0.6) is 5.75 Å². The van der Waals surface area contributed by atoms with Crippen LogP contribution in [0.25, 0.3) is 17.5 Å². The van der Waals surface area contributed by atoms with Gasteiger partial charge in [-0.2, -0.15) is 13.2 Å². The van der Waals surface area contributed by atoms with Crippen LogP contribution in [-0.2, 0) is 10.9 Å². The number of aromatic nitrogens is 2. The first-order valence-electron chi connectivity index (χ1n) is 8.45. The molecule has 2 aromatic rings. The summed E-state index contributed by atoms with van der Waals surface area (Å²) in [5.74, 6) is -0.553. The lowest BCUT2D eigenvalue weighted by molar-refractivity contribution is -0.432. The van der Waals surface area contributed by atoms with E-state index in [9.17, 15) is 22.7 Å². The highest BCUT2D eigenvalue weighted by atomic mass is 19.4. The minimum absolute atomic E-state index is 0.0454. The molecule has 2 aliphatic heterocycles. The molecule has 0 radical (unpaired) electrons. The normalized spacial score (nSPS) is 21.8. The van der Waals surface area contributed by atoms with Gasteiger partial charge in [-0.15, -0.1) is 0 Å². The van der Waals surface area contributed by atoms with Crippen molar-refractivity contribution < 1.29 is 32.1 Å². The highest BCUT2D eigenvalue weighted by Gasteiger charge is 2.33. The predicted octanol–water partition coefficient (Wildman–Crippen LogP) is 1.67. The summed E-state index contributed by atoms with van der Waals surface area (Å²) in [5.41, 5.74) is 0.190.